The molecule has 0 unspecified atom stereocenters. The molecule has 0 amide bonds. The van der Waals surface area contributed by atoms with Gasteiger partial charge in [0.1, 0.15) is 5.03 Å². The molecule has 0 spiro atoms. The molecular weight excluding hydrogens is 196 g/mol. The van der Waals surface area contributed by atoms with Crippen LogP contribution in [0.5, 0.6) is 0 Å². The Balaban J connectivity index is 3.67. The van der Waals surface area contributed by atoms with Crippen LogP contribution >= 0.6 is 0 Å². The summed E-state index contributed by atoms with van der Waals surface area (Å²) in [5.41, 5.74) is -1.39. The number of sulfone groups is 1. The lowest BCUT2D eigenvalue weighted by Crippen LogP contribution is -2.33. The normalized spacial score (nSPS) is 11.5. The van der Waals surface area contributed by atoms with Crippen LogP contribution in [-0.2, 0) is 16.9 Å². The molecule has 0 aliphatic heterocycles. The fourth-order valence-electron chi connectivity index (χ4n) is 0.734. The van der Waals surface area contributed by atoms with Gasteiger partial charge in [-0.05, 0) is 0 Å². The van der Waals surface area contributed by atoms with Crippen molar-refractivity contribution >= 4 is 9.84 Å². The molecule has 0 saturated heterocycles. The highest BCUT2D eigenvalue weighted by molar-refractivity contribution is 7.90. The summed E-state index contributed by atoms with van der Waals surface area (Å²) in [6.45, 7) is 0. The molecule has 0 radical (unpaired) electrons. The Morgan fingerprint density at radius 3 is 2.31 bits per heavy atom. The van der Waals surface area contributed by atoms with Crippen molar-refractivity contribution in [2.45, 2.75) is 5.03 Å². The summed E-state index contributed by atoms with van der Waals surface area (Å²) in [6, 6.07) is 0.872. The van der Waals surface area contributed by atoms with Crippen LogP contribution in [0.3, 0.4) is 0 Å². The topological polar surface area (TPSA) is 89.0 Å². The van der Waals surface area contributed by atoms with E-state index < -0.39 is 21.1 Å². The van der Waals surface area contributed by atoms with E-state index in [0.29, 0.717) is 0 Å². The summed E-state index contributed by atoms with van der Waals surface area (Å²) >= 11 is 0. The maximum absolute atomic E-state index is 11.0. The molecule has 0 fully saturated rings. The van der Waals surface area contributed by atoms with Crippen molar-refractivity contribution in [1.82, 2.24) is 9.55 Å². The summed E-state index contributed by atoms with van der Waals surface area (Å²) in [5.74, 6) is 0. The van der Waals surface area contributed by atoms with Crippen LogP contribution in [0.15, 0.2) is 20.7 Å². The average molecular weight is 204 g/mol. The molecular formula is C6H8N2O4S. The number of hydrogen-bond donors (Lipinski definition) is 1. The molecule has 0 saturated carbocycles. The molecule has 1 N–H and O–H groups in total. The molecule has 72 valence electrons. The van der Waals surface area contributed by atoms with Crippen LogP contribution < -0.4 is 11.2 Å². The van der Waals surface area contributed by atoms with Gasteiger partial charge in [0.2, 0.25) is 0 Å². The van der Waals surface area contributed by atoms with Crippen LogP contribution in [0.4, 0.5) is 0 Å². The van der Waals surface area contributed by atoms with Crippen molar-refractivity contribution in [3.05, 3.63) is 26.9 Å². The second-order valence-electron chi connectivity index (χ2n) is 2.61. The van der Waals surface area contributed by atoms with Crippen molar-refractivity contribution in [3.63, 3.8) is 0 Å². The number of aromatic amines is 1. The Morgan fingerprint density at radius 1 is 1.38 bits per heavy atom. The Bertz CT molecular complexity index is 505. The van der Waals surface area contributed by atoms with E-state index in [1.807, 2.05) is 0 Å². The molecule has 0 atom stereocenters. The first-order valence-electron chi connectivity index (χ1n) is 3.33. The molecule has 7 heteroatoms. The molecule has 0 bridgehead atoms. The quantitative estimate of drug-likeness (QED) is 0.562. The number of hydrogen-bond acceptors (Lipinski definition) is 4. The van der Waals surface area contributed by atoms with Gasteiger partial charge in [0, 0.05) is 19.4 Å². The molecule has 1 rings (SSSR count). The first-order valence-corrected chi connectivity index (χ1v) is 5.22. The molecule has 1 aromatic rings. The summed E-state index contributed by atoms with van der Waals surface area (Å²) < 4.78 is 22.6. The standard InChI is InChI=1S/C6H8N2O4S/c1-8-5(9)3-4(7-6(8)10)13(2,11)12/h3H,1-2H3,(H,7,10). The zero-order valence-corrected chi connectivity index (χ0v) is 7.88. The first-order chi connectivity index (χ1) is 5.82. The van der Waals surface area contributed by atoms with Crippen molar-refractivity contribution in [3.8, 4) is 0 Å². The third kappa shape index (κ3) is 1.86. The van der Waals surface area contributed by atoms with E-state index in [1.165, 1.54) is 7.05 Å². The van der Waals surface area contributed by atoms with Crippen LogP contribution in [0.1, 0.15) is 0 Å². The average Bonchev–Trinajstić information content (AvgIpc) is 1.97. The van der Waals surface area contributed by atoms with Crippen LogP contribution in [0.25, 0.3) is 0 Å². The molecule has 0 aromatic carbocycles. The Morgan fingerprint density at radius 2 is 1.92 bits per heavy atom. The van der Waals surface area contributed by atoms with Gasteiger partial charge >= 0.3 is 5.69 Å². The molecule has 6 nitrogen and oxygen atoms in total. The third-order valence-electron chi connectivity index (χ3n) is 1.52. The van der Waals surface area contributed by atoms with Gasteiger partial charge in [0.05, 0.1) is 0 Å². The van der Waals surface area contributed by atoms with E-state index in [9.17, 15) is 18.0 Å². The summed E-state index contributed by atoms with van der Waals surface area (Å²) in [7, 11) is -2.28. The van der Waals surface area contributed by atoms with E-state index in [1.54, 1.807) is 0 Å². The first kappa shape index (κ1) is 9.72. The van der Waals surface area contributed by atoms with Crippen molar-refractivity contribution in [1.29, 1.82) is 0 Å². The van der Waals surface area contributed by atoms with Gasteiger partial charge in [-0.1, -0.05) is 0 Å². The zero-order chi connectivity index (χ0) is 10.2. The SMILES string of the molecule is Cn1c(=O)cc(S(C)(=O)=O)[nH]c1=O. The number of H-pyrrole nitrogens is 1. The van der Waals surface area contributed by atoms with Gasteiger partial charge in [0.15, 0.2) is 9.84 Å². The van der Waals surface area contributed by atoms with Gasteiger partial charge in [0.25, 0.3) is 5.56 Å². The Kier molecular flexibility index (Phi) is 2.12. The molecule has 0 aliphatic carbocycles. The summed E-state index contributed by atoms with van der Waals surface area (Å²) in [4.78, 5) is 24.0. The monoisotopic (exact) mass is 204 g/mol. The van der Waals surface area contributed by atoms with Crippen molar-refractivity contribution in [2.75, 3.05) is 6.26 Å². The predicted octanol–water partition coefficient (Wildman–Crippen LogP) is -1.52. The zero-order valence-electron chi connectivity index (χ0n) is 7.07. The largest absolute Gasteiger partial charge is 0.329 e. The Labute approximate surface area is 73.8 Å². The number of rotatable bonds is 1. The lowest BCUT2D eigenvalue weighted by Gasteiger charge is -1.98. The fraction of sp³-hybridized carbons (Fsp3) is 0.333. The summed E-state index contributed by atoms with van der Waals surface area (Å²) in [5, 5.41) is -0.361. The lowest BCUT2D eigenvalue weighted by molar-refractivity contribution is 0.594. The van der Waals surface area contributed by atoms with Crippen molar-refractivity contribution in [2.24, 2.45) is 7.05 Å². The van der Waals surface area contributed by atoms with Gasteiger partial charge in [-0.25, -0.2) is 13.2 Å². The predicted molar refractivity (Wildman–Crippen MR) is 45.4 cm³/mol. The highest BCUT2D eigenvalue weighted by Gasteiger charge is 2.10. The van der Waals surface area contributed by atoms with E-state index in [0.717, 1.165) is 16.9 Å². The maximum Gasteiger partial charge on any atom is 0.329 e. The molecule has 0 aliphatic rings. The Hall–Kier alpha value is -1.37. The maximum atomic E-state index is 11.0. The molecule has 1 aromatic heterocycles. The molecule has 13 heavy (non-hydrogen) atoms. The highest BCUT2D eigenvalue weighted by atomic mass is 32.2. The minimum absolute atomic E-state index is 0.361. The van der Waals surface area contributed by atoms with E-state index in [2.05, 4.69) is 4.98 Å². The van der Waals surface area contributed by atoms with Crippen LogP contribution in [0.2, 0.25) is 0 Å². The third-order valence-corrected chi connectivity index (χ3v) is 2.54. The number of aromatic nitrogens is 2. The second-order valence-corrected chi connectivity index (χ2v) is 4.59. The van der Waals surface area contributed by atoms with Crippen LogP contribution in [-0.4, -0.2) is 24.2 Å². The van der Waals surface area contributed by atoms with Crippen molar-refractivity contribution < 1.29 is 8.42 Å². The number of nitrogens with one attached hydrogen (secondary N) is 1. The smallest absolute Gasteiger partial charge is 0.298 e. The van der Waals surface area contributed by atoms with E-state index >= 15 is 0 Å². The van der Waals surface area contributed by atoms with Gasteiger partial charge in [-0.3, -0.25) is 14.3 Å². The van der Waals surface area contributed by atoms with E-state index in [4.69, 9.17) is 0 Å². The summed E-state index contributed by atoms with van der Waals surface area (Å²) in [6.07, 6.45) is 0.914. The van der Waals surface area contributed by atoms with Crippen LogP contribution in [0, 0.1) is 0 Å². The minimum Gasteiger partial charge on any atom is -0.298 e. The van der Waals surface area contributed by atoms with Gasteiger partial charge in [-0.2, -0.15) is 0 Å². The fourth-order valence-corrected chi connectivity index (χ4v) is 1.32. The van der Waals surface area contributed by atoms with Gasteiger partial charge in [-0.15, -0.1) is 0 Å². The highest BCUT2D eigenvalue weighted by Crippen LogP contribution is 1.96. The number of nitrogens with zero attached hydrogens (tertiary/aromatic N) is 1. The second kappa shape index (κ2) is 2.84. The minimum atomic E-state index is -3.53. The van der Waals surface area contributed by atoms with E-state index in [-0.39, 0.29) is 5.03 Å². The lowest BCUT2D eigenvalue weighted by atomic mass is 10.6. The van der Waals surface area contributed by atoms with Gasteiger partial charge < -0.3 is 0 Å². The molecule has 1 heterocycles.